The molecule has 0 saturated heterocycles. The van der Waals surface area contributed by atoms with Crippen LogP contribution in [0.15, 0.2) is 48.5 Å². The highest BCUT2D eigenvalue weighted by molar-refractivity contribution is 6.09. The number of aryl methyl sites for hydroxylation is 1. The molecule has 0 fully saturated rings. The number of fused-ring (bicyclic) bond motifs is 1. The summed E-state index contributed by atoms with van der Waals surface area (Å²) in [7, 11) is 0. The SMILES string of the molecule is CCN1C(=O)C(O)(c2c(C)nn(-c3cccc([N+](=O)[O-])c3)c2N)c2ccccc21. The van der Waals surface area contributed by atoms with Gasteiger partial charge in [0, 0.05) is 24.2 Å². The van der Waals surface area contributed by atoms with E-state index in [1.54, 1.807) is 37.3 Å². The fraction of sp³-hybridized carbons (Fsp3) is 0.200. The van der Waals surface area contributed by atoms with E-state index < -0.39 is 16.4 Å². The minimum absolute atomic E-state index is 0.0478. The van der Waals surface area contributed by atoms with Crippen LogP contribution in [0.2, 0.25) is 0 Å². The van der Waals surface area contributed by atoms with Crippen molar-refractivity contribution in [2.75, 3.05) is 17.2 Å². The van der Waals surface area contributed by atoms with E-state index in [1.807, 2.05) is 6.92 Å². The molecule has 0 bridgehead atoms. The summed E-state index contributed by atoms with van der Waals surface area (Å²) in [5, 5.41) is 27.1. The number of non-ortho nitro benzene ring substituents is 1. The van der Waals surface area contributed by atoms with Crippen LogP contribution in [0.1, 0.15) is 23.7 Å². The van der Waals surface area contributed by atoms with E-state index in [2.05, 4.69) is 5.10 Å². The Kier molecular flexibility index (Phi) is 4.12. The summed E-state index contributed by atoms with van der Waals surface area (Å²) in [5.41, 5.74) is 6.18. The van der Waals surface area contributed by atoms with Gasteiger partial charge < -0.3 is 15.7 Å². The summed E-state index contributed by atoms with van der Waals surface area (Å²) < 4.78 is 1.31. The number of carbonyl (C=O) groups is 1. The van der Waals surface area contributed by atoms with Gasteiger partial charge in [-0.3, -0.25) is 14.9 Å². The van der Waals surface area contributed by atoms with Crippen molar-refractivity contribution in [2.45, 2.75) is 19.4 Å². The fourth-order valence-electron chi connectivity index (χ4n) is 3.92. The third kappa shape index (κ3) is 2.51. The van der Waals surface area contributed by atoms with Gasteiger partial charge in [-0.1, -0.05) is 24.3 Å². The molecule has 0 saturated carbocycles. The van der Waals surface area contributed by atoms with Gasteiger partial charge in [0.1, 0.15) is 5.82 Å². The molecule has 0 radical (unpaired) electrons. The van der Waals surface area contributed by atoms with Crippen molar-refractivity contribution in [1.29, 1.82) is 0 Å². The minimum atomic E-state index is -1.99. The number of para-hydroxylation sites is 1. The Morgan fingerprint density at radius 3 is 2.66 bits per heavy atom. The topological polar surface area (TPSA) is 128 Å². The molecule has 0 spiro atoms. The highest BCUT2D eigenvalue weighted by Crippen LogP contribution is 2.47. The molecule has 1 amide bonds. The van der Waals surface area contributed by atoms with Crippen molar-refractivity contribution < 1.29 is 14.8 Å². The second kappa shape index (κ2) is 6.42. The predicted octanol–water partition coefficient (Wildman–Crippen LogP) is 2.27. The van der Waals surface area contributed by atoms with Crippen molar-refractivity contribution >= 4 is 23.1 Å². The molecular formula is C20H19N5O4. The van der Waals surface area contributed by atoms with E-state index >= 15 is 0 Å². The third-order valence-corrected chi connectivity index (χ3v) is 5.20. The van der Waals surface area contributed by atoms with Crippen LogP contribution < -0.4 is 10.6 Å². The highest BCUT2D eigenvalue weighted by atomic mass is 16.6. The van der Waals surface area contributed by atoms with Gasteiger partial charge in [0.15, 0.2) is 0 Å². The molecule has 2 heterocycles. The van der Waals surface area contributed by atoms with Crippen LogP contribution in [0.5, 0.6) is 0 Å². The Morgan fingerprint density at radius 1 is 1.24 bits per heavy atom. The Hall–Kier alpha value is -3.72. The van der Waals surface area contributed by atoms with E-state index in [0.29, 0.717) is 29.2 Å². The van der Waals surface area contributed by atoms with Crippen LogP contribution in [-0.2, 0) is 10.4 Å². The van der Waals surface area contributed by atoms with E-state index in [0.717, 1.165) is 0 Å². The first-order chi connectivity index (χ1) is 13.8. The van der Waals surface area contributed by atoms with E-state index in [-0.39, 0.29) is 17.1 Å². The molecule has 1 aromatic heterocycles. The zero-order valence-electron chi connectivity index (χ0n) is 15.9. The van der Waals surface area contributed by atoms with Crippen LogP contribution in [0.4, 0.5) is 17.2 Å². The monoisotopic (exact) mass is 393 g/mol. The van der Waals surface area contributed by atoms with Crippen LogP contribution in [-0.4, -0.2) is 32.3 Å². The van der Waals surface area contributed by atoms with Crippen molar-refractivity contribution in [3.8, 4) is 5.69 Å². The summed E-state index contributed by atoms with van der Waals surface area (Å²) in [5.74, 6) is -0.457. The molecule has 1 atom stereocenters. The molecule has 3 aromatic rings. The Balaban J connectivity index is 1.93. The molecule has 3 N–H and O–H groups in total. The fourth-order valence-corrected chi connectivity index (χ4v) is 3.92. The minimum Gasteiger partial charge on any atom is -0.383 e. The van der Waals surface area contributed by atoms with E-state index in [1.165, 1.54) is 27.8 Å². The Bertz CT molecular complexity index is 1160. The number of rotatable bonds is 4. The summed E-state index contributed by atoms with van der Waals surface area (Å²) >= 11 is 0. The number of aliphatic hydroxyl groups is 1. The number of hydrogen-bond donors (Lipinski definition) is 2. The molecule has 1 aliphatic heterocycles. The first kappa shape index (κ1) is 18.6. The van der Waals surface area contributed by atoms with Gasteiger partial charge in [-0.05, 0) is 26.0 Å². The largest absolute Gasteiger partial charge is 0.383 e. The lowest BCUT2D eigenvalue weighted by atomic mass is 9.87. The maximum atomic E-state index is 13.2. The first-order valence-corrected chi connectivity index (χ1v) is 9.05. The molecule has 0 aliphatic carbocycles. The number of anilines is 2. The number of nitrogen functional groups attached to an aromatic ring is 1. The third-order valence-electron chi connectivity index (χ3n) is 5.20. The van der Waals surface area contributed by atoms with Crippen LogP contribution in [0, 0.1) is 17.0 Å². The second-order valence-corrected chi connectivity index (χ2v) is 6.81. The number of nitro benzene ring substituents is 1. The molecule has 148 valence electrons. The first-order valence-electron chi connectivity index (χ1n) is 9.05. The van der Waals surface area contributed by atoms with Gasteiger partial charge in [-0.25, -0.2) is 4.68 Å². The Morgan fingerprint density at radius 2 is 1.97 bits per heavy atom. The highest BCUT2D eigenvalue weighted by Gasteiger charge is 2.53. The summed E-state index contributed by atoms with van der Waals surface area (Å²) in [6.07, 6.45) is 0. The van der Waals surface area contributed by atoms with Crippen LogP contribution in [0.25, 0.3) is 5.69 Å². The number of nitro groups is 1. The number of aromatic nitrogens is 2. The Labute approximate surface area is 166 Å². The average Bonchev–Trinajstić information content (AvgIpc) is 3.13. The molecular weight excluding hydrogens is 374 g/mol. The smallest absolute Gasteiger partial charge is 0.271 e. The van der Waals surface area contributed by atoms with Crippen molar-refractivity contribution in [1.82, 2.24) is 9.78 Å². The van der Waals surface area contributed by atoms with Crippen molar-refractivity contribution in [3.63, 3.8) is 0 Å². The number of benzene rings is 2. The summed E-state index contributed by atoms with van der Waals surface area (Å²) in [6.45, 7) is 3.85. The average molecular weight is 393 g/mol. The standard InChI is InChI=1S/C20H19N5O4/c1-3-23-16-10-5-4-9-15(16)20(27,19(23)26)17-12(2)22-24(18(17)21)13-7-6-8-14(11-13)25(28)29/h4-11,27H,3,21H2,1-2H3. The lowest BCUT2D eigenvalue weighted by molar-refractivity contribution is -0.384. The van der Waals surface area contributed by atoms with Gasteiger partial charge in [-0.15, -0.1) is 0 Å². The maximum Gasteiger partial charge on any atom is 0.271 e. The number of carbonyl (C=O) groups excluding carboxylic acids is 1. The van der Waals surface area contributed by atoms with Crippen molar-refractivity contribution in [2.24, 2.45) is 0 Å². The molecule has 9 heteroatoms. The number of amides is 1. The molecule has 9 nitrogen and oxygen atoms in total. The lowest BCUT2D eigenvalue weighted by Gasteiger charge is -2.23. The number of hydrogen-bond acceptors (Lipinski definition) is 6. The number of likely N-dealkylation sites (N-methyl/N-ethyl adjacent to an activating group) is 1. The van der Waals surface area contributed by atoms with Crippen LogP contribution in [0.3, 0.4) is 0 Å². The number of nitrogens with two attached hydrogens (primary N) is 1. The van der Waals surface area contributed by atoms with Gasteiger partial charge in [0.2, 0.25) is 5.60 Å². The number of nitrogens with zero attached hydrogens (tertiary/aromatic N) is 4. The van der Waals surface area contributed by atoms with Crippen molar-refractivity contribution in [3.05, 3.63) is 75.5 Å². The lowest BCUT2D eigenvalue weighted by Crippen LogP contribution is -2.41. The summed E-state index contributed by atoms with van der Waals surface area (Å²) in [4.78, 5) is 25.3. The quantitative estimate of drug-likeness (QED) is 0.517. The van der Waals surface area contributed by atoms with E-state index in [9.17, 15) is 20.0 Å². The molecule has 29 heavy (non-hydrogen) atoms. The van der Waals surface area contributed by atoms with Gasteiger partial charge in [-0.2, -0.15) is 5.10 Å². The maximum absolute atomic E-state index is 13.2. The van der Waals surface area contributed by atoms with E-state index in [4.69, 9.17) is 5.73 Å². The molecule has 1 unspecified atom stereocenters. The molecule has 2 aromatic carbocycles. The zero-order chi connectivity index (χ0) is 20.9. The van der Waals surface area contributed by atoms with Crippen LogP contribution >= 0.6 is 0 Å². The molecule has 1 aliphatic rings. The molecule has 4 rings (SSSR count). The normalized spacial score (nSPS) is 18.2. The van der Waals surface area contributed by atoms with Gasteiger partial charge in [0.05, 0.1) is 27.6 Å². The van der Waals surface area contributed by atoms with Gasteiger partial charge in [0.25, 0.3) is 11.6 Å². The zero-order valence-corrected chi connectivity index (χ0v) is 15.9. The summed E-state index contributed by atoms with van der Waals surface area (Å²) in [6, 6.07) is 12.8. The second-order valence-electron chi connectivity index (χ2n) is 6.81. The van der Waals surface area contributed by atoms with Gasteiger partial charge >= 0.3 is 0 Å². The predicted molar refractivity (Wildman–Crippen MR) is 107 cm³/mol.